The number of halogens is 1. The fourth-order valence-electron chi connectivity index (χ4n) is 3.05. The van der Waals surface area contributed by atoms with Gasteiger partial charge in [0.15, 0.2) is 5.69 Å². The molecule has 0 spiro atoms. The molecule has 0 radical (unpaired) electrons. The summed E-state index contributed by atoms with van der Waals surface area (Å²) < 4.78 is 31.2. The summed E-state index contributed by atoms with van der Waals surface area (Å²) in [5.74, 6) is -0.197. The smallest absolute Gasteiger partial charge is 0.275 e. The van der Waals surface area contributed by atoms with E-state index < -0.39 is 10.0 Å². The molecule has 148 valence electrons. The van der Waals surface area contributed by atoms with Crippen LogP contribution in [0.25, 0.3) is 0 Å². The zero-order valence-corrected chi connectivity index (χ0v) is 18.2. The Bertz CT molecular complexity index is 973. The molecule has 27 heavy (non-hydrogen) atoms. The average Bonchev–Trinajstić information content (AvgIpc) is 3.16. The van der Waals surface area contributed by atoms with Crippen LogP contribution in [0.3, 0.4) is 0 Å². The van der Waals surface area contributed by atoms with Crippen molar-refractivity contribution in [2.24, 2.45) is 7.05 Å². The zero-order valence-electron chi connectivity index (χ0n) is 15.8. The predicted molar refractivity (Wildman–Crippen MR) is 103 cm³/mol. The Hall–Kier alpha value is -1.72. The number of carbonyl (C=O) groups excluding carboxylic acids is 1. The molecule has 0 aromatic carbocycles. The van der Waals surface area contributed by atoms with E-state index in [1.165, 1.54) is 4.31 Å². The summed E-state index contributed by atoms with van der Waals surface area (Å²) in [5.41, 5.74) is 1.71. The van der Waals surface area contributed by atoms with Crippen molar-refractivity contribution in [3.8, 4) is 0 Å². The molecule has 3 heterocycles. The molecule has 9 nitrogen and oxygen atoms in total. The van der Waals surface area contributed by atoms with Gasteiger partial charge in [-0.05, 0) is 36.7 Å². The molecule has 0 N–H and O–H groups in total. The van der Waals surface area contributed by atoms with Crippen LogP contribution in [-0.4, -0.2) is 69.3 Å². The van der Waals surface area contributed by atoms with E-state index in [4.69, 9.17) is 0 Å². The summed E-state index contributed by atoms with van der Waals surface area (Å²) in [4.78, 5) is 14.6. The number of aryl methyl sites for hydroxylation is 3. The largest absolute Gasteiger partial charge is 0.335 e. The van der Waals surface area contributed by atoms with Crippen molar-refractivity contribution >= 4 is 31.9 Å². The molecule has 0 saturated carbocycles. The molecule has 0 bridgehead atoms. The summed E-state index contributed by atoms with van der Waals surface area (Å²) in [6.45, 7) is 7.21. The highest BCUT2D eigenvalue weighted by Crippen LogP contribution is 2.24. The molecule has 0 unspecified atom stereocenters. The molecule has 1 fully saturated rings. The summed E-state index contributed by atoms with van der Waals surface area (Å²) in [7, 11) is -1.85. The Morgan fingerprint density at radius 2 is 1.81 bits per heavy atom. The van der Waals surface area contributed by atoms with Gasteiger partial charge in [-0.3, -0.25) is 14.2 Å². The number of aromatic nitrogens is 4. The van der Waals surface area contributed by atoms with Crippen molar-refractivity contribution in [2.75, 3.05) is 26.2 Å². The van der Waals surface area contributed by atoms with Gasteiger partial charge in [0.2, 0.25) is 10.0 Å². The van der Waals surface area contributed by atoms with Gasteiger partial charge in [-0.1, -0.05) is 0 Å². The van der Waals surface area contributed by atoms with Crippen molar-refractivity contribution in [3.05, 3.63) is 27.8 Å². The Labute approximate surface area is 167 Å². The van der Waals surface area contributed by atoms with Gasteiger partial charge in [0.1, 0.15) is 4.90 Å². The average molecular weight is 459 g/mol. The van der Waals surface area contributed by atoms with Crippen LogP contribution in [0.4, 0.5) is 0 Å². The quantitative estimate of drug-likeness (QED) is 0.684. The van der Waals surface area contributed by atoms with Gasteiger partial charge in [-0.15, -0.1) is 0 Å². The standard InChI is InChI=1S/C16H23BrN6O3S/c1-5-22-10-13(11(2)18-22)27(25,26)23-8-6-21(7-9-23)16(24)15-14(17)12(3)20(4)19-15/h10H,5-9H2,1-4H3. The van der Waals surface area contributed by atoms with Gasteiger partial charge < -0.3 is 4.90 Å². The van der Waals surface area contributed by atoms with E-state index in [2.05, 4.69) is 26.1 Å². The van der Waals surface area contributed by atoms with Crippen molar-refractivity contribution in [3.63, 3.8) is 0 Å². The second kappa shape index (κ2) is 7.36. The third kappa shape index (κ3) is 3.55. The molecular weight excluding hydrogens is 436 g/mol. The minimum atomic E-state index is -3.62. The van der Waals surface area contributed by atoms with Gasteiger partial charge in [-0.2, -0.15) is 14.5 Å². The van der Waals surface area contributed by atoms with E-state index in [1.807, 2.05) is 13.8 Å². The number of hydrogen-bond acceptors (Lipinski definition) is 5. The maximum atomic E-state index is 12.9. The van der Waals surface area contributed by atoms with E-state index in [0.29, 0.717) is 35.5 Å². The number of carbonyl (C=O) groups is 1. The number of piperazine rings is 1. The van der Waals surface area contributed by atoms with Gasteiger partial charge in [-0.25, -0.2) is 8.42 Å². The molecule has 2 aromatic heterocycles. The predicted octanol–water partition coefficient (Wildman–Crippen LogP) is 1.16. The molecule has 0 atom stereocenters. The van der Waals surface area contributed by atoms with Gasteiger partial charge in [0.05, 0.1) is 15.9 Å². The van der Waals surface area contributed by atoms with Crippen LogP contribution in [-0.2, 0) is 23.6 Å². The van der Waals surface area contributed by atoms with E-state index in [-0.39, 0.29) is 23.9 Å². The lowest BCUT2D eigenvalue weighted by Crippen LogP contribution is -2.50. The Kier molecular flexibility index (Phi) is 5.46. The lowest BCUT2D eigenvalue weighted by molar-refractivity contribution is 0.0690. The minimum Gasteiger partial charge on any atom is -0.335 e. The monoisotopic (exact) mass is 458 g/mol. The fourth-order valence-corrected chi connectivity index (χ4v) is 5.15. The molecule has 1 aliphatic rings. The van der Waals surface area contributed by atoms with E-state index in [0.717, 1.165) is 5.69 Å². The number of hydrogen-bond donors (Lipinski definition) is 0. The first-order valence-electron chi connectivity index (χ1n) is 8.69. The van der Waals surface area contributed by atoms with Crippen LogP contribution in [0.1, 0.15) is 28.8 Å². The summed E-state index contributed by atoms with van der Waals surface area (Å²) in [5, 5.41) is 8.48. The molecule has 1 aliphatic heterocycles. The van der Waals surface area contributed by atoms with Crippen LogP contribution in [0.5, 0.6) is 0 Å². The topological polar surface area (TPSA) is 93.3 Å². The van der Waals surface area contributed by atoms with Crippen LogP contribution >= 0.6 is 15.9 Å². The number of amides is 1. The highest BCUT2D eigenvalue weighted by atomic mass is 79.9. The van der Waals surface area contributed by atoms with Crippen molar-refractivity contribution < 1.29 is 13.2 Å². The van der Waals surface area contributed by atoms with Gasteiger partial charge >= 0.3 is 0 Å². The van der Waals surface area contributed by atoms with Crippen molar-refractivity contribution in [2.45, 2.75) is 32.2 Å². The van der Waals surface area contributed by atoms with E-state index in [1.54, 1.807) is 34.4 Å². The SMILES string of the molecule is CCn1cc(S(=O)(=O)N2CCN(C(=O)c3nn(C)c(C)c3Br)CC2)c(C)n1. The highest BCUT2D eigenvalue weighted by molar-refractivity contribution is 9.10. The second-order valence-electron chi connectivity index (χ2n) is 6.50. The normalized spacial score (nSPS) is 16.1. The fraction of sp³-hybridized carbons (Fsp3) is 0.562. The Balaban J connectivity index is 1.73. The van der Waals surface area contributed by atoms with Gasteiger partial charge in [0, 0.05) is 46.0 Å². The molecule has 0 aliphatic carbocycles. The maximum absolute atomic E-state index is 12.9. The van der Waals surface area contributed by atoms with Crippen LogP contribution in [0, 0.1) is 13.8 Å². The third-order valence-corrected chi connectivity index (χ3v) is 7.78. The third-order valence-electron chi connectivity index (χ3n) is 4.83. The Morgan fingerprint density at radius 3 is 2.30 bits per heavy atom. The number of rotatable bonds is 4. The first-order valence-corrected chi connectivity index (χ1v) is 10.9. The molecule has 1 saturated heterocycles. The van der Waals surface area contributed by atoms with Gasteiger partial charge in [0.25, 0.3) is 5.91 Å². The Morgan fingerprint density at radius 1 is 1.19 bits per heavy atom. The molecule has 3 rings (SSSR count). The lowest BCUT2D eigenvalue weighted by atomic mass is 10.3. The highest BCUT2D eigenvalue weighted by Gasteiger charge is 2.33. The van der Waals surface area contributed by atoms with Crippen molar-refractivity contribution in [1.82, 2.24) is 28.8 Å². The summed E-state index contributed by atoms with van der Waals surface area (Å²) in [6, 6.07) is 0. The molecular formula is C16H23BrN6O3S. The lowest BCUT2D eigenvalue weighted by Gasteiger charge is -2.33. The number of sulfonamides is 1. The van der Waals surface area contributed by atoms with Crippen molar-refractivity contribution in [1.29, 1.82) is 0 Å². The van der Waals surface area contributed by atoms with E-state index in [9.17, 15) is 13.2 Å². The number of nitrogens with zero attached hydrogens (tertiary/aromatic N) is 6. The van der Waals surface area contributed by atoms with E-state index >= 15 is 0 Å². The molecule has 2 aromatic rings. The molecule has 1 amide bonds. The van der Waals surface area contributed by atoms with Crippen LogP contribution in [0.2, 0.25) is 0 Å². The summed E-state index contributed by atoms with van der Waals surface area (Å²) in [6.07, 6.45) is 1.57. The summed E-state index contributed by atoms with van der Waals surface area (Å²) >= 11 is 3.41. The molecule has 11 heteroatoms. The zero-order chi connectivity index (χ0) is 19.9. The first-order chi connectivity index (χ1) is 12.7. The second-order valence-corrected chi connectivity index (χ2v) is 9.20. The van der Waals surface area contributed by atoms with Crippen LogP contribution < -0.4 is 0 Å². The first kappa shape index (κ1) is 20.0. The minimum absolute atomic E-state index is 0.197. The maximum Gasteiger partial charge on any atom is 0.275 e. The van der Waals surface area contributed by atoms with Crippen LogP contribution in [0.15, 0.2) is 15.6 Å².